The first-order chi connectivity index (χ1) is 8.95. The third-order valence-corrected chi connectivity index (χ3v) is 5.31. The summed E-state index contributed by atoms with van der Waals surface area (Å²) in [4.78, 5) is 3.93. The van der Waals surface area contributed by atoms with Gasteiger partial charge in [-0.05, 0) is 31.9 Å². The molecule has 0 radical (unpaired) electrons. The molecule has 2 atom stereocenters. The molecule has 0 aromatic carbocycles. The van der Waals surface area contributed by atoms with E-state index in [4.69, 9.17) is 11.0 Å². The van der Waals surface area contributed by atoms with Gasteiger partial charge in [-0.15, -0.1) is 0 Å². The minimum atomic E-state index is -3.55. The molecule has 1 fully saturated rings. The van der Waals surface area contributed by atoms with Crippen molar-refractivity contribution in [2.24, 2.45) is 5.73 Å². The highest BCUT2D eigenvalue weighted by Crippen LogP contribution is 2.24. The van der Waals surface area contributed by atoms with Gasteiger partial charge in [0.05, 0.1) is 0 Å². The van der Waals surface area contributed by atoms with Crippen LogP contribution in [0.2, 0.25) is 0 Å². The third-order valence-electron chi connectivity index (χ3n) is 3.31. The zero-order chi connectivity index (χ0) is 14.0. The van der Waals surface area contributed by atoms with Gasteiger partial charge in [0.15, 0.2) is 0 Å². The van der Waals surface area contributed by atoms with Crippen molar-refractivity contribution >= 4 is 10.0 Å². The fourth-order valence-electron chi connectivity index (χ4n) is 2.28. The van der Waals surface area contributed by atoms with Crippen LogP contribution in [0, 0.1) is 11.3 Å². The molecule has 1 aromatic rings. The molecule has 0 amide bonds. The quantitative estimate of drug-likeness (QED) is 0.848. The number of pyridine rings is 1. The van der Waals surface area contributed by atoms with Crippen LogP contribution >= 0.6 is 0 Å². The van der Waals surface area contributed by atoms with Crippen molar-refractivity contribution < 1.29 is 8.42 Å². The van der Waals surface area contributed by atoms with E-state index in [-0.39, 0.29) is 22.7 Å². The smallest absolute Gasteiger partial charge is 0.244 e. The molecule has 0 spiro atoms. The highest BCUT2D eigenvalue weighted by Gasteiger charge is 2.33. The number of piperidine rings is 1. The number of nitrogens with two attached hydrogens (primary N) is 1. The maximum absolute atomic E-state index is 12.5. The Kier molecular flexibility index (Phi) is 3.85. The van der Waals surface area contributed by atoms with Crippen molar-refractivity contribution in [2.75, 3.05) is 6.54 Å². The van der Waals surface area contributed by atoms with Crippen molar-refractivity contribution in [3.05, 3.63) is 24.0 Å². The average Bonchev–Trinajstić information content (AvgIpc) is 2.38. The summed E-state index contributed by atoms with van der Waals surface area (Å²) in [5.74, 6) is 0. The predicted octanol–water partition coefficient (Wildman–Crippen LogP) is 0.454. The van der Waals surface area contributed by atoms with Crippen molar-refractivity contribution in [1.82, 2.24) is 9.29 Å². The molecule has 7 heteroatoms. The number of nitrogens with zero attached hydrogens (tertiary/aromatic N) is 3. The van der Waals surface area contributed by atoms with E-state index >= 15 is 0 Å². The van der Waals surface area contributed by atoms with Gasteiger partial charge < -0.3 is 5.73 Å². The molecule has 0 aliphatic carbocycles. The summed E-state index contributed by atoms with van der Waals surface area (Å²) >= 11 is 0. The van der Waals surface area contributed by atoms with E-state index in [1.165, 1.54) is 22.6 Å². The van der Waals surface area contributed by atoms with Crippen LogP contribution in [0.1, 0.15) is 25.5 Å². The van der Waals surface area contributed by atoms with Crippen LogP contribution in [0.3, 0.4) is 0 Å². The fourth-order valence-corrected chi connectivity index (χ4v) is 3.88. The van der Waals surface area contributed by atoms with Crippen LogP contribution in [0.5, 0.6) is 0 Å². The molecule has 2 unspecified atom stereocenters. The number of hydrogen-bond donors (Lipinski definition) is 1. The van der Waals surface area contributed by atoms with Gasteiger partial charge in [-0.1, -0.05) is 0 Å². The van der Waals surface area contributed by atoms with E-state index < -0.39 is 10.0 Å². The van der Waals surface area contributed by atoms with E-state index in [2.05, 4.69) is 4.98 Å². The number of sulfonamides is 1. The number of nitriles is 1. The molecule has 0 bridgehead atoms. The number of aromatic nitrogens is 1. The molecule has 2 rings (SSSR count). The van der Waals surface area contributed by atoms with Crippen LogP contribution in [0.15, 0.2) is 23.2 Å². The molecule has 0 saturated carbocycles. The van der Waals surface area contributed by atoms with Gasteiger partial charge in [0, 0.05) is 24.8 Å². The number of rotatable bonds is 2. The summed E-state index contributed by atoms with van der Waals surface area (Å²) in [7, 11) is -3.55. The van der Waals surface area contributed by atoms with E-state index in [0.717, 1.165) is 0 Å². The second kappa shape index (κ2) is 5.25. The van der Waals surface area contributed by atoms with E-state index in [1.807, 2.05) is 13.0 Å². The highest BCUT2D eigenvalue weighted by molar-refractivity contribution is 7.89. The topological polar surface area (TPSA) is 100 Å². The van der Waals surface area contributed by atoms with Gasteiger partial charge in [-0.2, -0.15) is 9.57 Å². The van der Waals surface area contributed by atoms with Gasteiger partial charge in [-0.3, -0.25) is 0 Å². The Morgan fingerprint density at radius 3 is 2.79 bits per heavy atom. The van der Waals surface area contributed by atoms with Crippen molar-refractivity contribution in [2.45, 2.75) is 36.7 Å². The zero-order valence-corrected chi connectivity index (χ0v) is 11.5. The Bertz CT molecular complexity index is 591. The second-order valence-electron chi connectivity index (χ2n) is 4.74. The molecule has 19 heavy (non-hydrogen) atoms. The molecular formula is C12H16N4O2S. The lowest BCUT2D eigenvalue weighted by Gasteiger charge is -2.35. The summed E-state index contributed by atoms with van der Waals surface area (Å²) in [6.45, 7) is 2.28. The van der Waals surface area contributed by atoms with Gasteiger partial charge in [0.1, 0.15) is 16.7 Å². The Morgan fingerprint density at radius 1 is 1.53 bits per heavy atom. The summed E-state index contributed by atoms with van der Waals surface area (Å²) in [5.41, 5.74) is 6.04. The predicted molar refractivity (Wildman–Crippen MR) is 69.5 cm³/mol. The Labute approximate surface area is 112 Å². The fraction of sp³-hybridized carbons (Fsp3) is 0.500. The molecule has 1 aliphatic rings. The Balaban J connectivity index is 2.29. The Hall–Kier alpha value is -1.49. The van der Waals surface area contributed by atoms with E-state index in [1.54, 1.807) is 0 Å². The molecule has 1 saturated heterocycles. The first-order valence-corrected chi connectivity index (χ1v) is 7.52. The van der Waals surface area contributed by atoms with Crippen LogP contribution in [0.25, 0.3) is 0 Å². The van der Waals surface area contributed by atoms with E-state index in [0.29, 0.717) is 19.4 Å². The lowest BCUT2D eigenvalue weighted by molar-refractivity contribution is 0.247. The first-order valence-electron chi connectivity index (χ1n) is 6.08. The number of hydrogen-bond acceptors (Lipinski definition) is 5. The summed E-state index contributed by atoms with van der Waals surface area (Å²) in [6, 6.07) is 4.63. The third kappa shape index (κ3) is 2.76. The molecule has 1 aliphatic heterocycles. The van der Waals surface area contributed by atoms with Gasteiger partial charge >= 0.3 is 0 Å². The van der Waals surface area contributed by atoms with Gasteiger partial charge in [0.25, 0.3) is 0 Å². The lowest BCUT2D eigenvalue weighted by atomic mass is 10.0. The average molecular weight is 280 g/mol. The molecular weight excluding hydrogens is 264 g/mol. The maximum atomic E-state index is 12.5. The van der Waals surface area contributed by atoms with Crippen LogP contribution in [-0.2, 0) is 10.0 Å². The maximum Gasteiger partial charge on any atom is 0.244 e. The van der Waals surface area contributed by atoms with Crippen molar-refractivity contribution in [3.63, 3.8) is 0 Å². The standard InChI is InChI=1S/C12H16N4O2S/c1-9-6-10(14)4-5-16(9)19(17,18)12-3-2-11(7-13)15-8-12/h2-3,8-10H,4-6,14H2,1H3. The van der Waals surface area contributed by atoms with Crippen molar-refractivity contribution in [3.8, 4) is 6.07 Å². The monoisotopic (exact) mass is 280 g/mol. The first kappa shape index (κ1) is 13.9. The SMILES string of the molecule is CC1CC(N)CCN1S(=O)(=O)c1ccc(C#N)nc1. The minimum absolute atomic E-state index is 0.0561. The summed E-state index contributed by atoms with van der Waals surface area (Å²) in [5, 5.41) is 8.66. The molecule has 1 aromatic heterocycles. The summed E-state index contributed by atoms with van der Waals surface area (Å²) < 4.78 is 26.4. The zero-order valence-electron chi connectivity index (χ0n) is 10.7. The Morgan fingerprint density at radius 2 is 2.26 bits per heavy atom. The normalized spacial score (nSPS) is 24.9. The summed E-state index contributed by atoms with van der Waals surface area (Å²) in [6.07, 6.45) is 2.55. The highest BCUT2D eigenvalue weighted by atomic mass is 32.2. The van der Waals surface area contributed by atoms with Crippen LogP contribution in [-0.4, -0.2) is 36.3 Å². The van der Waals surface area contributed by atoms with Gasteiger partial charge in [0.2, 0.25) is 10.0 Å². The molecule has 2 N–H and O–H groups in total. The van der Waals surface area contributed by atoms with Crippen LogP contribution < -0.4 is 5.73 Å². The van der Waals surface area contributed by atoms with E-state index in [9.17, 15) is 8.42 Å². The molecule has 102 valence electrons. The molecule has 6 nitrogen and oxygen atoms in total. The van der Waals surface area contributed by atoms with Crippen molar-refractivity contribution in [1.29, 1.82) is 5.26 Å². The second-order valence-corrected chi connectivity index (χ2v) is 6.63. The largest absolute Gasteiger partial charge is 0.328 e. The molecule has 2 heterocycles. The lowest BCUT2D eigenvalue weighted by Crippen LogP contribution is -2.48. The van der Waals surface area contributed by atoms with Crippen LogP contribution in [0.4, 0.5) is 0 Å². The minimum Gasteiger partial charge on any atom is -0.328 e. The van der Waals surface area contributed by atoms with Gasteiger partial charge in [-0.25, -0.2) is 13.4 Å².